The Hall–Kier alpha value is -1.03. The molecule has 0 amide bonds. The van der Waals surface area contributed by atoms with Gasteiger partial charge in [0.25, 0.3) is 10.0 Å². The van der Waals surface area contributed by atoms with Gasteiger partial charge in [0.15, 0.2) is 5.13 Å². The fourth-order valence-electron chi connectivity index (χ4n) is 1.90. The first-order valence-corrected chi connectivity index (χ1v) is 7.76. The standard InChI is InChI=1S/C10H13FN2O4S2/c1-12-4-5-13(6-7(12)10(14)15)19(16,17)9-3-2-8(11)18-9/h2-3,7H,4-6H2,1H3,(H,14,15). The van der Waals surface area contributed by atoms with Crippen LogP contribution in [0.2, 0.25) is 0 Å². The van der Waals surface area contributed by atoms with Crippen molar-refractivity contribution in [3.63, 3.8) is 0 Å². The van der Waals surface area contributed by atoms with Crippen molar-refractivity contribution in [2.75, 3.05) is 26.7 Å². The molecule has 2 heterocycles. The number of likely N-dealkylation sites (N-methyl/N-ethyl adjacent to an activating group) is 1. The van der Waals surface area contributed by atoms with Crippen LogP contribution in [0.15, 0.2) is 16.3 Å². The summed E-state index contributed by atoms with van der Waals surface area (Å²) >= 11 is 0.541. The summed E-state index contributed by atoms with van der Waals surface area (Å²) in [6.07, 6.45) is 0. The first-order valence-electron chi connectivity index (χ1n) is 5.51. The normalized spacial score (nSPS) is 22.5. The molecule has 2 rings (SSSR count). The maximum atomic E-state index is 12.9. The lowest BCUT2D eigenvalue weighted by Gasteiger charge is -2.36. The molecule has 1 fully saturated rings. The van der Waals surface area contributed by atoms with Gasteiger partial charge in [-0.2, -0.15) is 8.70 Å². The number of thiophene rings is 1. The summed E-state index contributed by atoms with van der Waals surface area (Å²) in [5.41, 5.74) is 0. The molecule has 19 heavy (non-hydrogen) atoms. The largest absolute Gasteiger partial charge is 0.480 e. The number of nitrogens with zero attached hydrogens (tertiary/aromatic N) is 2. The third-order valence-corrected chi connectivity index (χ3v) is 6.24. The molecule has 106 valence electrons. The number of rotatable bonds is 3. The lowest BCUT2D eigenvalue weighted by molar-refractivity contribution is -0.144. The first-order chi connectivity index (χ1) is 8.82. The monoisotopic (exact) mass is 308 g/mol. The molecule has 0 aromatic carbocycles. The molecule has 1 N–H and O–H groups in total. The lowest BCUT2D eigenvalue weighted by Crippen LogP contribution is -2.56. The molecule has 0 bridgehead atoms. The van der Waals surface area contributed by atoms with Crippen LogP contribution in [0.4, 0.5) is 4.39 Å². The molecule has 1 aromatic heterocycles. The predicted molar refractivity (Wildman–Crippen MR) is 67.1 cm³/mol. The second-order valence-electron chi connectivity index (χ2n) is 4.26. The Balaban J connectivity index is 2.25. The number of hydrogen-bond donors (Lipinski definition) is 1. The van der Waals surface area contributed by atoms with Crippen LogP contribution < -0.4 is 0 Å². The van der Waals surface area contributed by atoms with Crippen molar-refractivity contribution in [1.29, 1.82) is 0 Å². The molecule has 1 aromatic rings. The highest BCUT2D eigenvalue weighted by Gasteiger charge is 2.36. The van der Waals surface area contributed by atoms with Gasteiger partial charge in [0.1, 0.15) is 10.3 Å². The van der Waals surface area contributed by atoms with Gasteiger partial charge in [-0.1, -0.05) is 11.3 Å². The van der Waals surface area contributed by atoms with Crippen molar-refractivity contribution in [3.8, 4) is 0 Å². The van der Waals surface area contributed by atoms with Gasteiger partial charge in [0.05, 0.1) is 0 Å². The van der Waals surface area contributed by atoms with Gasteiger partial charge in [-0.05, 0) is 19.2 Å². The first kappa shape index (κ1) is 14.4. The van der Waals surface area contributed by atoms with Gasteiger partial charge in [-0.25, -0.2) is 8.42 Å². The summed E-state index contributed by atoms with van der Waals surface area (Å²) in [6, 6.07) is 1.40. The third kappa shape index (κ3) is 2.78. The van der Waals surface area contributed by atoms with E-state index in [2.05, 4.69) is 0 Å². The number of carboxylic acids is 1. The molecule has 0 spiro atoms. The van der Waals surface area contributed by atoms with E-state index in [1.165, 1.54) is 6.07 Å². The van der Waals surface area contributed by atoms with E-state index in [9.17, 15) is 17.6 Å². The van der Waals surface area contributed by atoms with Crippen LogP contribution in [0.25, 0.3) is 0 Å². The van der Waals surface area contributed by atoms with Crippen molar-refractivity contribution < 1.29 is 22.7 Å². The Kier molecular flexibility index (Phi) is 3.90. The van der Waals surface area contributed by atoms with Crippen molar-refractivity contribution in [2.45, 2.75) is 10.3 Å². The molecule has 0 saturated carbocycles. The fourth-order valence-corrected chi connectivity index (χ4v) is 4.49. The predicted octanol–water partition coefficient (Wildman–Crippen LogP) is 0.276. The zero-order valence-corrected chi connectivity index (χ0v) is 11.7. The van der Waals surface area contributed by atoms with Crippen LogP contribution in [0.1, 0.15) is 0 Å². The SMILES string of the molecule is CN1CCN(S(=O)(=O)c2ccc(F)s2)CC1C(=O)O. The van der Waals surface area contributed by atoms with Gasteiger partial charge >= 0.3 is 5.97 Å². The highest BCUT2D eigenvalue weighted by molar-refractivity contribution is 7.91. The number of halogens is 1. The Morgan fingerprint density at radius 1 is 1.47 bits per heavy atom. The Bertz CT molecular complexity index is 586. The molecule has 1 unspecified atom stereocenters. The average Bonchev–Trinajstić information content (AvgIpc) is 2.76. The van der Waals surface area contributed by atoms with Crippen molar-refractivity contribution in [3.05, 3.63) is 17.3 Å². The summed E-state index contributed by atoms with van der Waals surface area (Å²) in [6.45, 7) is 0.389. The quantitative estimate of drug-likeness (QED) is 0.867. The van der Waals surface area contributed by atoms with E-state index in [0.717, 1.165) is 10.4 Å². The van der Waals surface area contributed by atoms with E-state index in [4.69, 9.17) is 5.11 Å². The molecule has 1 aliphatic heterocycles. The molecule has 0 aliphatic carbocycles. The van der Waals surface area contributed by atoms with E-state index in [1.807, 2.05) is 0 Å². The van der Waals surface area contributed by atoms with E-state index < -0.39 is 27.2 Å². The minimum absolute atomic E-state index is 0.0984. The Labute approximate surface area is 114 Å². The molecule has 1 aliphatic rings. The number of carboxylic acid groups (broad SMARTS) is 1. The zero-order valence-electron chi connectivity index (χ0n) is 10.1. The van der Waals surface area contributed by atoms with Crippen molar-refractivity contribution in [2.24, 2.45) is 0 Å². The molecule has 1 saturated heterocycles. The topological polar surface area (TPSA) is 77.9 Å². The number of sulfonamides is 1. The molecular weight excluding hydrogens is 295 g/mol. The molecule has 6 nitrogen and oxygen atoms in total. The van der Waals surface area contributed by atoms with Crippen LogP contribution in [0.3, 0.4) is 0 Å². The maximum Gasteiger partial charge on any atom is 0.322 e. The van der Waals surface area contributed by atoms with Gasteiger partial charge in [0.2, 0.25) is 0 Å². The molecular formula is C10H13FN2O4S2. The molecule has 1 atom stereocenters. The van der Waals surface area contributed by atoms with Gasteiger partial charge in [-0.15, -0.1) is 0 Å². The summed E-state index contributed by atoms with van der Waals surface area (Å²) in [5.74, 6) is -1.07. The number of hydrogen-bond acceptors (Lipinski definition) is 5. The maximum absolute atomic E-state index is 12.9. The summed E-state index contributed by atoms with van der Waals surface area (Å²) < 4.78 is 38.4. The highest BCUT2D eigenvalue weighted by atomic mass is 32.2. The van der Waals surface area contributed by atoms with Crippen molar-refractivity contribution in [1.82, 2.24) is 9.21 Å². The van der Waals surface area contributed by atoms with Crippen LogP contribution >= 0.6 is 11.3 Å². The molecule has 0 radical (unpaired) electrons. The van der Waals surface area contributed by atoms with Gasteiger partial charge in [0, 0.05) is 19.6 Å². The number of aliphatic carboxylic acids is 1. The lowest BCUT2D eigenvalue weighted by atomic mass is 10.2. The second kappa shape index (κ2) is 5.16. The fraction of sp³-hybridized carbons (Fsp3) is 0.500. The van der Waals surface area contributed by atoms with E-state index >= 15 is 0 Å². The minimum atomic E-state index is -3.81. The minimum Gasteiger partial charge on any atom is -0.480 e. The Morgan fingerprint density at radius 3 is 2.68 bits per heavy atom. The highest BCUT2D eigenvalue weighted by Crippen LogP contribution is 2.25. The van der Waals surface area contributed by atoms with Gasteiger partial charge < -0.3 is 5.11 Å². The smallest absolute Gasteiger partial charge is 0.322 e. The van der Waals surface area contributed by atoms with Crippen LogP contribution in [0.5, 0.6) is 0 Å². The average molecular weight is 308 g/mol. The zero-order chi connectivity index (χ0) is 14.2. The summed E-state index contributed by atoms with van der Waals surface area (Å²) in [5, 5.41) is 8.47. The number of piperazine rings is 1. The Morgan fingerprint density at radius 2 is 2.16 bits per heavy atom. The second-order valence-corrected chi connectivity index (χ2v) is 7.45. The summed E-state index contributed by atoms with van der Waals surface area (Å²) in [7, 11) is -2.18. The van der Waals surface area contributed by atoms with E-state index in [1.54, 1.807) is 11.9 Å². The summed E-state index contributed by atoms with van der Waals surface area (Å²) in [4.78, 5) is 12.6. The third-order valence-electron chi connectivity index (χ3n) is 3.04. The van der Waals surface area contributed by atoms with Crippen molar-refractivity contribution >= 4 is 27.3 Å². The number of carbonyl (C=O) groups is 1. The van der Waals surface area contributed by atoms with Crippen LogP contribution in [0, 0.1) is 5.13 Å². The van der Waals surface area contributed by atoms with E-state index in [0.29, 0.717) is 17.9 Å². The van der Waals surface area contributed by atoms with Crippen LogP contribution in [-0.4, -0.2) is 61.4 Å². The molecule has 9 heteroatoms. The van der Waals surface area contributed by atoms with Crippen LogP contribution in [-0.2, 0) is 14.8 Å². The van der Waals surface area contributed by atoms with Gasteiger partial charge in [-0.3, -0.25) is 9.69 Å². The van der Waals surface area contributed by atoms with E-state index in [-0.39, 0.29) is 17.3 Å².